The highest BCUT2D eigenvalue weighted by Gasteiger charge is 2.30. The van der Waals surface area contributed by atoms with E-state index >= 15 is 0 Å². The van der Waals surface area contributed by atoms with Gasteiger partial charge in [-0.1, -0.05) is 0 Å². The number of amides is 3. The Kier molecular flexibility index (Phi) is 8.34. The third-order valence-corrected chi connectivity index (χ3v) is 4.94. The lowest BCUT2D eigenvalue weighted by Crippen LogP contribution is -2.50. The van der Waals surface area contributed by atoms with Crippen molar-refractivity contribution in [2.24, 2.45) is 5.92 Å². The van der Waals surface area contributed by atoms with E-state index in [9.17, 15) is 9.59 Å². The van der Waals surface area contributed by atoms with Crippen molar-refractivity contribution in [2.45, 2.75) is 72.1 Å². The fourth-order valence-corrected chi connectivity index (χ4v) is 3.48. The Bertz CT molecular complexity index is 639. The van der Waals surface area contributed by atoms with Gasteiger partial charge in [-0.2, -0.15) is 0 Å². The number of carbonyl (C=O) groups is 2. The molecule has 0 radical (unpaired) electrons. The molecule has 1 aromatic rings. The monoisotopic (exact) mass is 407 g/mol. The number of piperidine rings is 1. The van der Waals surface area contributed by atoms with Crippen LogP contribution in [0.2, 0.25) is 0 Å². The first-order valence-corrected chi connectivity index (χ1v) is 10.6. The molecule has 0 saturated carbocycles. The number of imidazole rings is 1. The highest BCUT2D eigenvalue weighted by atomic mass is 16.6. The molecule has 1 aromatic heterocycles. The number of carbonyl (C=O) groups excluding carboxylic acids is 2. The van der Waals surface area contributed by atoms with Gasteiger partial charge in [-0.3, -0.25) is 0 Å². The van der Waals surface area contributed by atoms with Crippen LogP contribution in [0.1, 0.15) is 53.9 Å². The molecular weight excluding hydrogens is 370 g/mol. The fraction of sp³-hybridized carbons (Fsp3) is 0.762. The maximum atomic E-state index is 12.6. The largest absolute Gasteiger partial charge is 0.444 e. The second kappa shape index (κ2) is 10.5. The summed E-state index contributed by atoms with van der Waals surface area (Å²) in [5.74, 6) is 0.260. The lowest BCUT2D eigenvalue weighted by atomic mass is 9.97. The minimum absolute atomic E-state index is 0.0197. The third-order valence-electron chi connectivity index (χ3n) is 4.94. The van der Waals surface area contributed by atoms with Gasteiger partial charge in [0.25, 0.3) is 0 Å². The molecule has 8 nitrogen and oxygen atoms in total. The Hall–Kier alpha value is -2.25. The van der Waals surface area contributed by atoms with E-state index < -0.39 is 5.60 Å². The van der Waals surface area contributed by atoms with Crippen molar-refractivity contribution in [1.29, 1.82) is 0 Å². The van der Waals surface area contributed by atoms with Crippen LogP contribution in [0.5, 0.6) is 0 Å². The highest BCUT2D eigenvalue weighted by molar-refractivity contribution is 5.74. The summed E-state index contributed by atoms with van der Waals surface area (Å²) in [5.41, 5.74) is -0.514. The predicted molar refractivity (Wildman–Crippen MR) is 113 cm³/mol. The fourth-order valence-electron chi connectivity index (χ4n) is 3.48. The molecular formula is C21H37N5O3. The van der Waals surface area contributed by atoms with Crippen LogP contribution >= 0.6 is 0 Å². The standard InChI is InChI=1S/C21H37N5O3/c1-17(2)26(20(28)29-21(3,4)5)15-18-8-6-12-25(14-18)19(27)23-9-7-11-24-13-10-22-16-24/h10,13,16-18H,6-9,11-12,14-15H2,1-5H3,(H,23,27)/t18-/m1/s1. The number of nitrogens with zero attached hydrogens (tertiary/aromatic N) is 4. The maximum Gasteiger partial charge on any atom is 0.410 e. The molecule has 0 bridgehead atoms. The van der Waals surface area contributed by atoms with Crippen molar-refractivity contribution in [1.82, 2.24) is 24.7 Å². The molecule has 8 heteroatoms. The summed E-state index contributed by atoms with van der Waals surface area (Å²) in [7, 11) is 0. The van der Waals surface area contributed by atoms with Gasteiger partial charge < -0.3 is 24.4 Å². The molecule has 0 unspecified atom stereocenters. The molecule has 1 aliphatic heterocycles. The molecule has 1 atom stereocenters. The van der Waals surface area contributed by atoms with Crippen LogP contribution < -0.4 is 5.32 Å². The number of rotatable bonds is 7. The Morgan fingerprint density at radius 2 is 2.10 bits per heavy atom. The molecule has 0 spiro atoms. The van der Waals surface area contributed by atoms with E-state index in [1.165, 1.54) is 0 Å². The van der Waals surface area contributed by atoms with Gasteiger partial charge in [-0.15, -0.1) is 0 Å². The number of likely N-dealkylation sites (tertiary alicyclic amines) is 1. The lowest BCUT2D eigenvalue weighted by Gasteiger charge is -2.37. The minimum atomic E-state index is -0.514. The smallest absolute Gasteiger partial charge is 0.410 e. The van der Waals surface area contributed by atoms with Gasteiger partial charge in [-0.05, 0) is 59.8 Å². The SMILES string of the molecule is CC(C)N(C[C@@H]1CCCN(C(=O)NCCCn2ccnc2)C1)C(=O)OC(C)(C)C. The first-order valence-electron chi connectivity index (χ1n) is 10.6. The van der Waals surface area contributed by atoms with E-state index in [1.807, 2.05) is 50.3 Å². The average Bonchev–Trinajstić information content (AvgIpc) is 3.15. The van der Waals surface area contributed by atoms with Gasteiger partial charge >= 0.3 is 12.1 Å². The van der Waals surface area contributed by atoms with E-state index in [0.29, 0.717) is 19.6 Å². The summed E-state index contributed by atoms with van der Waals surface area (Å²) in [6, 6.07) is 0.0333. The van der Waals surface area contributed by atoms with Crippen LogP contribution in [-0.2, 0) is 11.3 Å². The molecule has 1 fully saturated rings. The van der Waals surface area contributed by atoms with Crippen LogP contribution in [0.4, 0.5) is 9.59 Å². The number of urea groups is 1. The number of nitrogens with one attached hydrogen (secondary N) is 1. The summed E-state index contributed by atoms with van der Waals surface area (Å²) in [5, 5.41) is 3.01. The summed E-state index contributed by atoms with van der Waals surface area (Å²) < 4.78 is 7.56. The Morgan fingerprint density at radius 3 is 2.72 bits per heavy atom. The summed E-state index contributed by atoms with van der Waals surface area (Å²) in [4.78, 5) is 32.8. The van der Waals surface area contributed by atoms with Crippen molar-refractivity contribution >= 4 is 12.1 Å². The van der Waals surface area contributed by atoms with E-state index in [2.05, 4.69) is 10.3 Å². The Balaban J connectivity index is 1.80. The molecule has 2 heterocycles. The van der Waals surface area contributed by atoms with Gasteiger partial charge in [0.05, 0.1) is 6.33 Å². The van der Waals surface area contributed by atoms with Gasteiger partial charge in [0.2, 0.25) is 0 Å². The van der Waals surface area contributed by atoms with Crippen LogP contribution in [-0.4, -0.2) is 69.3 Å². The first-order chi connectivity index (χ1) is 13.7. The normalized spacial score (nSPS) is 17.3. The molecule has 29 heavy (non-hydrogen) atoms. The molecule has 3 amide bonds. The van der Waals surface area contributed by atoms with E-state index in [0.717, 1.165) is 32.4 Å². The number of hydrogen-bond acceptors (Lipinski definition) is 4. The van der Waals surface area contributed by atoms with Crippen molar-refractivity contribution in [3.63, 3.8) is 0 Å². The molecule has 164 valence electrons. The highest BCUT2D eigenvalue weighted by Crippen LogP contribution is 2.20. The van der Waals surface area contributed by atoms with E-state index in [-0.39, 0.29) is 24.1 Å². The van der Waals surface area contributed by atoms with Crippen molar-refractivity contribution in [3.05, 3.63) is 18.7 Å². The van der Waals surface area contributed by atoms with Gasteiger partial charge in [0.1, 0.15) is 5.60 Å². The molecule has 2 rings (SSSR count). The van der Waals surface area contributed by atoms with E-state index in [1.54, 1.807) is 17.4 Å². The number of ether oxygens (including phenoxy) is 1. The molecule has 1 N–H and O–H groups in total. The maximum absolute atomic E-state index is 12.6. The topological polar surface area (TPSA) is 79.7 Å². The van der Waals surface area contributed by atoms with E-state index in [4.69, 9.17) is 4.74 Å². The summed E-state index contributed by atoms with van der Waals surface area (Å²) in [6.45, 7) is 13.1. The quantitative estimate of drug-likeness (QED) is 0.703. The number of aryl methyl sites for hydroxylation is 1. The second-order valence-corrected chi connectivity index (χ2v) is 9.07. The molecule has 0 aliphatic carbocycles. The molecule has 0 aromatic carbocycles. The minimum Gasteiger partial charge on any atom is -0.444 e. The van der Waals surface area contributed by atoms with Gasteiger partial charge in [0, 0.05) is 51.2 Å². The van der Waals surface area contributed by atoms with Crippen LogP contribution in [0.3, 0.4) is 0 Å². The predicted octanol–water partition coefficient (Wildman–Crippen LogP) is 3.34. The zero-order valence-electron chi connectivity index (χ0n) is 18.6. The zero-order valence-corrected chi connectivity index (χ0v) is 18.6. The zero-order chi connectivity index (χ0) is 21.4. The summed E-state index contributed by atoms with van der Waals surface area (Å²) >= 11 is 0. The first kappa shape index (κ1) is 23.0. The van der Waals surface area contributed by atoms with Gasteiger partial charge in [-0.25, -0.2) is 14.6 Å². The number of hydrogen-bond donors (Lipinski definition) is 1. The Morgan fingerprint density at radius 1 is 1.34 bits per heavy atom. The van der Waals surface area contributed by atoms with Crippen molar-refractivity contribution in [2.75, 3.05) is 26.2 Å². The van der Waals surface area contributed by atoms with Gasteiger partial charge in [0.15, 0.2) is 0 Å². The number of aromatic nitrogens is 2. The third kappa shape index (κ3) is 7.95. The van der Waals surface area contributed by atoms with Crippen LogP contribution in [0, 0.1) is 5.92 Å². The average molecular weight is 408 g/mol. The summed E-state index contributed by atoms with van der Waals surface area (Å²) in [6.07, 6.45) is 7.99. The lowest BCUT2D eigenvalue weighted by molar-refractivity contribution is 0.0131. The molecule has 1 saturated heterocycles. The molecule has 1 aliphatic rings. The second-order valence-electron chi connectivity index (χ2n) is 9.07. The van der Waals surface area contributed by atoms with Crippen molar-refractivity contribution < 1.29 is 14.3 Å². The van der Waals surface area contributed by atoms with Crippen LogP contribution in [0.15, 0.2) is 18.7 Å². The van der Waals surface area contributed by atoms with Crippen LogP contribution in [0.25, 0.3) is 0 Å². The Labute approximate surface area is 174 Å². The van der Waals surface area contributed by atoms with Crippen molar-refractivity contribution in [3.8, 4) is 0 Å².